The number of imidazole rings is 1. The summed E-state index contributed by atoms with van der Waals surface area (Å²) in [4.78, 5) is 27.2. The van der Waals surface area contributed by atoms with E-state index < -0.39 is 5.97 Å². The van der Waals surface area contributed by atoms with Gasteiger partial charge in [0.2, 0.25) is 5.76 Å². The van der Waals surface area contributed by atoms with Crippen LogP contribution in [0.15, 0.2) is 33.6 Å². The van der Waals surface area contributed by atoms with Gasteiger partial charge >= 0.3 is 11.7 Å². The summed E-state index contributed by atoms with van der Waals surface area (Å²) in [6, 6.07) is 6.49. The van der Waals surface area contributed by atoms with Crippen molar-refractivity contribution in [2.45, 2.75) is 0 Å². The van der Waals surface area contributed by atoms with Gasteiger partial charge in [0.1, 0.15) is 5.69 Å². The van der Waals surface area contributed by atoms with Gasteiger partial charge in [0.25, 0.3) is 0 Å². The highest BCUT2D eigenvalue weighted by Crippen LogP contribution is 2.25. The van der Waals surface area contributed by atoms with Crippen molar-refractivity contribution in [3.8, 4) is 11.3 Å². The lowest BCUT2D eigenvalue weighted by molar-refractivity contribution is 0.0652. The SMILES string of the molecule is O=C(O)c1cc(-c2cccc3[nH]c(=O)[nH]c23)no1. The van der Waals surface area contributed by atoms with E-state index in [0.29, 0.717) is 22.3 Å². The Kier molecular flexibility index (Phi) is 2.06. The number of nitrogens with zero attached hydrogens (tertiary/aromatic N) is 1. The van der Waals surface area contributed by atoms with Crippen molar-refractivity contribution in [1.82, 2.24) is 15.1 Å². The summed E-state index contributed by atoms with van der Waals surface area (Å²) >= 11 is 0. The summed E-state index contributed by atoms with van der Waals surface area (Å²) in [5.41, 5.74) is 1.81. The fourth-order valence-electron chi connectivity index (χ4n) is 1.77. The maximum absolute atomic E-state index is 11.2. The zero-order valence-corrected chi connectivity index (χ0v) is 8.93. The maximum Gasteiger partial charge on any atom is 0.374 e. The molecule has 2 heterocycles. The first kappa shape index (κ1) is 10.3. The largest absolute Gasteiger partial charge is 0.475 e. The van der Waals surface area contributed by atoms with E-state index in [9.17, 15) is 9.59 Å². The van der Waals surface area contributed by atoms with Gasteiger partial charge in [-0.05, 0) is 6.07 Å². The number of carbonyl (C=O) groups is 1. The molecule has 0 atom stereocenters. The summed E-state index contributed by atoms with van der Waals surface area (Å²) in [5, 5.41) is 12.4. The Balaban J connectivity index is 2.24. The molecule has 0 aliphatic carbocycles. The number of nitrogens with one attached hydrogen (secondary N) is 2. The molecule has 0 aliphatic heterocycles. The summed E-state index contributed by atoms with van der Waals surface area (Å²) < 4.78 is 4.68. The van der Waals surface area contributed by atoms with Gasteiger partial charge in [-0.25, -0.2) is 9.59 Å². The van der Waals surface area contributed by atoms with E-state index in [2.05, 4.69) is 19.6 Å². The highest BCUT2D eigenvalue weighted by Gasteiger charge is 2.15. The number of fused-ring (bicyclic) bond motifs is 1. The molecule has 3 aromatic rings. The van der Waals surface area contributed by atoms with Crippen molar-refractivity contribution in [1.29, 1.82) is 0 Å². The van der Waals surface area contributed by atoms with Gasteiger partial charge in [-0.15, -0.1) is 0 Å². The zero-order chi connectivity index (χ0) is 12.7. The maximum atomic E-state index is 11.2. The van der Waals surface area contributed by atoms with Crippen LogP contribution in [0.25, 0.3) is 22.3 Å². The van der Waals surface area contributed by atoms with Crippen LogP contribution in [0.4, 0.5) is 0 Å². The van der Waals surface area contributed by atoms with Crippen LogP contribution in [0.5, 0.6) is 0 Å². The highest BCUT2D eigenvalue weighted by atomic mass is 16.5. The molecular weight excluding hydrogens is 238 g/mol. The second kappa shape index (κ2) is 3.59. The quantitative estimate of drug-likeness (QED) is 0.628. The smallest absolute Gasteiger partial charge is 0.374 e. The third-order valence-electron chi connectivity index (χ3n) is 2.55. The molecule has 0 radical (unpaired) electrons. The third-order valence-corrected chi connectivity index (χ3v) is 2.55. The number of aromatic amines is 2. The number of hydrogen-bond acceptors (Lipinski definition) is 4. The number of para-hydroxylation sites is 1. The molecule has 0 fully saturated rings. The fourth-order valence-corrected chi connectivity index (χ4v) is 1.77. The van der Waals surface area contributed by atoms with Crippen LogP contribution < -0.4 is 5.69 Å². The Hall–Kier alpha value is -2.83. The second-order valence-electron chi connectivity index (χ2n) is 3.69. The van der Waals surface area contributed by atoms with Crippen molar-refractivity contribution in [3.05, 3.63) is 40.5 Å². The van der Waals surface area contributed by atoms with Crippen LogP contribution in [0, 0.1) is 0 Å². The van der Waals surface area contributed by atoms with E-state index >= 15 is 0 Å². The van der Waals surface area contributed by atoms with Gasteiger partial charge in [-0.3, -0.25) is 0 Å². The standard InChI is InChI=1S/C11H7N3O4/c15-10(16)8-4-7(14-18-8)5-2-1-3-6-9(5)13-11(17)12-6/h1-4H,(H,15,16)(H2,12,13,17). The average molecular weight is 245 g/mol. The van der Waals surface area contributed by atoms with Crippen LogP contribution in [0.1, 0.15) is 10.6 Å². The number of aromatic nitrogens is 3. The molecule has 2 aromatic heterocycles. The summed E-state index contributed by atoms with van der Waals surface area (Å²) in [7, 11) is 0. The van der Waals surface area contributed by atoms with Crippen molar-refractivity contribution >= 4 is 17.0 Å². The van der Waals surface area contributed by atoms with Crippen LogP contribution in [-0.4, -0.2) is 26.2 Å². The van der Waals surface area contributed by atoms with Crippen molar-refractivity contribution in [3.63, 3.8) is 0 Å². The molecule has 0 aliphatic rings. The molecule has 18 heavy (non-hydrogen) atoms. The molecule has 1 aromatic carbocycles. The van der Waals surface area contributed by atoms with Gasteiger partial charge in [-0.1, -0.05) is 17.3 Å². The number of carboxylic acids is 1. The van der Waals surface area contributed by atoms with Crippen LogP contribution >= 0.6 is 0 Å². The van der Waals surface area contributed by atoms with Crippen molar-refractivity contribution in [2.24, 2.45) is 0 Å². The molecular formula is C11H7N3O4. The van der Waals surface area contributed by atoms with Crippen LogP contribution in [-0.2, 0) is 0 Å². The molecule has 0 amide bonds. The Morgan fingerprint density at radius 3 is 2.89 bits per heavy atom. The normalized spacial score (nSPS) is 10.9. The minimum absolute atomic E-state index is 0.250. The van der Waals surface area contributed by atoms with Gasteiger partial charge in [0.15, 0.2) is 0 Å². The van der Waals surface area contributed by atoms with Gasteiger partial charge < -0.3 is 19.6 Å². The predicted molar refractivity (Wildman–Crippen MR) is 61.4 cm³/mol. The minimum atomic E-state index is -1.19. The first-order chi connectivity index (χ1) is 8.65. The van der Waals surface area contributed by atoms with E-state index in [-0.39, 0.29) is 11.4 Å². The highest BCUT2D eigenvalue weighted by molar-refractivity contribution is 5.92. The Morgan fingerprint density at radius 1 is 1.33 bits per heavy atom. The number of aromatic carboxylic acids is 1. The molecule has 3 rings (SSSR count). The number of benzene rings is 1. The van der Waals surface area contributed by atoms with Crippen LogP contribution in [0.2, 0.25) is 0 Å². The van der Waals surface area contributed by atoms with E-state index in [1.165, 1.54) is 6.07 Å². The summed E-state index contributed by atoms with van der Waals surface area (Å²) in [6.45, 7) is 0. The number of carboxylic acid groups (broad SMARTS) is 1. The first-order valence-electron chi connectivity index (χ1n) is 5.06. The number of rotatable bonds is 2. The zero-order valence-electron chi connectivity index (χ0n) is 8.93. The van der Waals surface area contributed by atoms with Gasteiger partial charge in [0.05, 0.1) is 11.0 Å². The Labute approximate surface area is 99.0 Å². The molecule has 7 nitrogen and oxygen atoms in total. The average Bonchev–Trinajstić information content (AvgIpc) is 2.92. The first-order valence-corrected chi connectivity index (χ1v) is 5.06. The molecule has 90 valence electrons. The summed E-state index contributed by atoms with van der Waals surface area (Å²) in [6.07, 6.45) is 0. The van der Waals surface area contributed by atoms with Crippen molar-refractivity contribution in [2.75, 3.05) is 0 Å². The number of H-pyrrole nitrogens is 2. The molecule has 7 heteroatoms. The van der Waals surface area contributed by atoms with Crippen molar-refractivity contribution < 1.29 is 14.4 Å². The Morgan fingerprint density at radius 2 is 2.17 bits per heavy atom. The topological polar surface area (TPSA) is 112 Å². The fraction of sp³-hybridized carbons (Fsp3) is 0. The van der Waals surface area contributed by atoms with Gasteiger partial charge in [-0.2, -0.15) is 0 Å². The van der Waals surface area contributed by atoms with E-state index in [0.717, 1.165) is 0 Å². The second-order valence-corrected chi connectivity index (χ2v) is 3.69. The lowest BCUT2D eigenvalue weighted by atomic mass is 10.1. The molecule has 0 spiro atoms. The van der Waals surface area contributed by atoms with Crippen LogP contribution in [0.3, 0.4) is 0 Å². The predicted octanol–water partition coefficient (Wildman–Crippen LogP) is 1.21. The lowest BCUT2D eigenvalue weighted by Crippen LogP contribution is -1.99. The minimum Gasteiger partial charge on any atom is -0.475 e. The third kappa shape index (κ3) is 1.49. The van der Waals surface area contributed by atoms with E-state index in [1.54, 1.807) is 18.2 Å². The lowest BCUT2D eigenvalue weighted by Gasteiger charge is -1.96. The molecule has 0 unspecified atom stereocenters. The molecule has 0 saturated carbocycles. The Bertz CT molecular complexity index is 796. The number of hydrogen-bond donors (Lipinski definition) is 3. The molecule has 3 N–H and O–H groups in total. The molecule has 0 saturated heterocycles. The van der Waals surface area contributed by atoms with E-state index in [4.69, 9.17) is 5.11 Å². The summed E-state index contributed by atoms with van der Waals surface area (Å²) in [5.74, 6) is -1.44. The van der Waals surface area contributed by atoms with Gasteiger partial charge in [0, 0.05) is 11.6 Å². The monoisotopic (exact) mass is 245 g/mol. The van der Waals surface area contributed by atoms with E-state index in [1.807, 2.05) is 0 Å². The molecule has 0 bridgehead atoms.